The Morgan fingerprint density at radius 3 is 2.79 bits per heavy atom. The molecule has 2 heterocycles. The van der Waals surface area contributed by atoms with E-state index in [1.165, 1.54) is 31.3 Å². The molecule has 0 radical (unpaired) electrons. The molecule has 1 saturated heterocycles. The zero-order valence-corrected chi connectivity index (χ0v) is 20.8. The highest BCUT2D eigenvalue weighted by molar-refractivity contribution is 7.98. The van der Waals surface area contributed by atoms with E-state index in [2.05, 4.69) is 21.7 Å². The molecule has 33 heavy (non-hydrogen) atoms. The van der Waals surface area contributed by atoms with Crippen molar-refractivity contribution in [1.29, 1.82) is 0 Å². The third kappa shape index (κ3) is 6.38. The number of nitrogens with zero attached hydrogens (tertiary/aromatic N) is 2. The minimum Gasteiger partial charge on any atom is -0.338 e. The second-order valence-electron chi connectivity index (χ2n) is 8.58. The van der Waals surface area contributed by atoms with Gasteiger partial charge in [0.2, 0.25) is 0 Å². The minimum atomic E-state index is -0.177. The molecule has 6 nitrogen and oxygen atoms in total. The fourth-order valence-corrected chi connectivity index (χ4v) is 5.94. The normalized spacial score (nSPS) is 16.9. The average Bonchev–Trinajstić information content (AvgIpc) is 3.36. The topological polar surface area (TPSA) is 74.3 Å². The van der Waals surface area contributed by atoms with Crippen LogP contribution in [0.1, 0.15) is 66.4 Å². The number of para-hydroxylation sites is 1. The highest BCUT2D eigenvalue weighted by Gasteiger charge is 2.26. The number of aromatic nitrogens is 1. The number of rotatable bonds is 7. The third-order valence-electron chi connectivity index (χ3n) is 6.35. The maximum atomic E-state index is 12.7. The number of hydrogen-bond acceptors (Lipinski definition) is 5. The summed E-state index contributed by atoms with van der Waals surface area (Å²) in [5, 5.41) is 8.89. The molecular weight excluding hydrogens is 452 g/mol. The van der Waals surface area contributed by atoms with Gasteiger partial charge in [0, 0.05) is 35.8 Å². The van der Waals surface area contributed by atoms with Crippen molar-refractivity contribution in [1.82, 2.24) is 15.2 Å². The lowest BCUT2D eigenvalue weighted by Gasteiger charge is -2.31. The molecule has 1 aliphatic heterocycles. The van der Waals surface area contributed by atoms with Crippen LogP contribution in [0.2, 0.25) is 0 Å². The molecular formula is C25H32N4O2S2. The van der Waals surface area contributed by atoms with Gasteiger partial charge in [-0.15, -0.1) is 23.1 Å². The maximum Gasteiger partial charge on any atom is 0.317 e. The van der Waals surface area contributed by atoms with Crippen molar-refractivity contribution in [3.05, 3.63) is 52.0 Å². The molecule has 0 atom stereocenters. The van der Waals surface area contributed by atoms with Crippen molar-refractivity contribution in [2.45, 2.75) is 55.8 Å². The van der Waals surface area contributed by atoms with E-state index in [0.29, 0.717) is 11.6 Å². The third-order valence-corrected chi connectivity index (χ3v) is 8.15. The van der Waals surface area contributed by atoms with E-state index in [1.807, 2.05) is 40.8 Å². The number of allylic oxidation sites excluding steroid dienone is 1. The Morgan fingerprint density at radius 2 is 2.03 bits per heavy atom. The monoisotopic (exact) mass is 484 g/mol. The van der Waals surface area contributed by atoms with Gasteiger partial charge >= 0.3 is 6.03 Å². The standard InChI is InChI=1S/C25H32N4O2S2/c1-32-22-10-6-5-9-20(22)27-23(30)21-17-33-24(28-21)19-12-15-29(16-13-19)25(31)26-14-11-18-7-3-2-4-8-18/h5-7,9-10,17,19H,2-4,8,11-16H2,1H3,(H,26,31)(H,27,30). The number of carbonyl (C=O) groups is 2. The molecule has 1 fully saturated rings. The Morgan fingerprint density at radius 1 is 1.21 bits per heavy atom. The van der Waals surface area contributed by atoms with Gasteiger partial charge in [0.15, 0.2) is 0 Å². The smallest absolute Gasteiger partial charge is 0.317 e. The lowest BCUT2D eigenvalue weighted by molar-refractivity contribution is 0.102. The molecule has 4 rings (SSSR count). The molecule has 0 bridgehead atoms. The van der Waals surface area contributed by atoms with Gasteiger partial charge < -0.3 is 15.5 Å². The van der Waals surface area contributed by atoms with E-state index >= 15 is 0 Å². The number of urea groups is 1. The molecule has 1 aliphatic carbocycles. The summed E-state index contributed by atoms with van der Waals surface area (Å²) in [5.41, 5.74) is 2.76. The van der Waals surface area contributed by atoms with Crippen LogP contribution in [0.3, 0.4) is 0 Å². The van der Waals surface area contributed by atoms with Crippen molar-refractivity contribution >= 4 is 40.7 Å². The molecule has 176 valence electrons. The molecule has 2 aliphatic rings. The number of hydrogen-bond donors (Lipinski definition) is 2. The van der Waals surface area contributed by atoms with Crippen molar-refractivity contribution < 1.29 is 9.59 Å². The van der Waals surface area contributed by atoms with Crippen LogP contribution in [-0.4, -0.2) is 47.7 Å². The van der Waals surface area contributed by atoms with Crippen LogP contribution < -0.4 is 10.6 Å². The number of thiazole rings is 1. The Labute approximate surface area is 204 Å². The zero-order chi connectivity index (χ0) is 23.0. The fourth-order valence-electron chi connectivity index (χ4n) is 4.42. The number of benzene rings is 1. The number of amides is 3. The van der Waals surface area contributed by atoms with Crippen molar-refractivity contribution in [2.24, 2.45) is 0 Å². The van der Waals surface area contributed by atoms with E-state index in [4.69, 9.17) is 0 Å². The molecule has 0 spiro atoms. The first-order valence-corrected chi connectivity index (χ1v) is 13.8. The maximum absolute atomic E-state index is 12.7. The first kappa shape index (κ1) is 23.8. The van der Waals surface area contributed by atoms with Crippen LogP contribution in [-0.2, 0) is 0 Å². The Kier molecular flexibility index (Phi) is 8.45. The first-order chi connectivity index (χ1) is 16.1. The number of carbonyl (C=O) groups excluding carboxylic acids is 2. The van der Waals surface area contributed by atoms with E-state index < -0.39 is 0 Å². The number of anilines is 1. The van der Waals surface area contributed by atoms with Gasteiger partial charge in [-0.1, -0.05) is 23.8 Å². The molecule has 8 heteroatoms. The summed E-state index contributed by atoms with van der Waals surface area (Å²) in [6.45, 7) is 2.16. The number of thioether (sulfide) groups is 1. The summed E-state index contributed by atoms with van der Waals surface area (Å²) in [5.74, 6) is 0.121. The molecule has 2 aromatic rings. The lowest BCUT2D eigenvalue weighted by atomic mass is 9.97. The quantitative estimate of drug-likeness (QED) is 0.379. The second-order valence-corrected chi connectivity index (χ2v) is 10.3. The summed E-state index contributed by atoms with van der Waals surface area (Å²) in [4.78, 5) is 32.8. The number of piperidine rings is 1. The predicted molar refractivity (Wildman–Crippen MR) is 136 cm³/mol. The van der Waals surface area contributed by atoms with Gasteiger partial charge in [-0.2, -0.15) is 0 Å². The molecule has 0 saturated carbocycles. The lowest BCUT2D eigenvalue weighted by Crippen LogP contribution is -2.44. The van der Waals surface area contributed by atoms with Crippen LogP contribution in [0.25, 0.3) is 0 Å². The zero-order valence-electron chi connectivity index (χ0n) is 19.1. The largest absolute Gasteiger partial charge is 0.338 e. The highest BCUT2D eigenvalue weighted by atomic mass is 32.2. The number of likely N-dealkylation sites (tertiary alicyclic amines) is 1. The van der Waals surface area contributed by atoms with E-state index in [0.717, 1.165) is 54.5 Å². The van der Waals surface area contributed by atoms with Gasteiger partial charge in [0.25, 0.3) is 5.91 Å². The molecule has 0 unspecified atom stereocenters. The first-order valence-electron chi connectivity index (χ1n) is 11.7. The summed E-state index contributed by atoms with van der Waals surface area (Å²) in [7, 11) is 0. The van der Waals surface area contributed by atoms with Gasteiger partial charge in [-0.3, -0.25) is 4.79 Å². The van der Waals surface area contributed by atoms with Crippen LogP contribution in [0.4, 0.5) is 10.5 Å². The summed E-state index contributed by atoms with van der Waals surface area (Å²) in [6, 6.07) is 7.81. The fraction of sp³-hybridized carbons (Fsp3) is 0.480. The molecule has 3 amide bonds. The summed E-state index contributed by atoms with van der Waals surface area (Å²) in [6.07, 6.45) is 12.0. The molecule has 1 aromatic carbocycles. The van der Waals surface area contributed by atoms with Gasteiger partial charge in [-0.25, -0.2) is 9.78 Å². The van der Waals surface area contributed by atoms with Crippen molar-refractivity contribution in [3.8, 4) is 0 Å². The van der Waals surface area contributed by atoms with Crippen molar-refractivity contribution in [3.63, 3.8) is 0 Å². The van der Waals surface area contributed by atoms with E-state index in [-0.39, 0.29) is 11.9 Å². The second kappa shape index (κ2) is 11.7. The van der Waals surface area contributed by atoms with Gasteiger partial charge in [0.05, 0.1) is 10.7 Å². The Hall–Kier alpha value is -2.32. The van der Waals surface area contributed by atoms with Crippen LogP contribution in [0.5, 0.6) is 0 Å². The van der Waals surface area contributed by atoms with Crippen LogP contribution in [0.15, 0.2) is 46.2 Å². The van der Waals surface area contributed by atoms with Crippen LogP contribution in [0, 0.1) is 0 Å². The van der Waals surface area contributed by atoms with Gasteiger partial charge in [-0.05, 0) is 63.3 Å². The van der Waals surface area contributed by atoms with E-state index in [9.17, 15) is 9.59 Å². The SMILES string of the molecule is CSc1ccccc1NC(=O)c1csc(C2CCN(C(=O)NCCC3=CCCCC3)CC2)n1. The van der Waals surface area contributed by atoms with E-state index in [1.54, 1.807) is 23.1 Å². The molecule has 2 N–H and O–H groups in total. The minimum absolute atomic E-state index is 0.0384. The highest BCUT2D eigenvalue weighted by Crippen LogP contribution is 2.31. The Balaban J connectivity index is 1.24. The van der Waals surface area contributed by atoms with Gasteiger partial charge in [0.1, 0.15) is 5.69 Å². The van der Waals surface area contributed by atoms with Crippen LogP contribution >= 0.6 is 23.1 Å². The average molecular weight is 485 g/mol. The predicted octanol–water partition coefficient (Wildman–Crippen LogP) is 5.90. The summed E-state index contributed by atoms with van der Waals surface area (Å²) >= 11 is 3.14. The molecule has 1 aromatic heterocycles. The Bertz CT molecular complexity index is 996. The number of nitrogens with one attached hydrogen (secondary N) is 2. The summed E-state index contributed by atoms with van der Waals surface area (Å²) < 4.78 is 0. The van der Waals surface area contributed by atoms with Crippen molar-refractivity contribution in [2.75, 3.05) is 31.2 Å².